The van der Waals surface area contributed by atoms with Gasteiger partial charge in [0.05, 0.1) is 54.0 Å². The Morgan fingerprint density at radius 3 is 1.49 bits per heavy atom. The molecule has 1 aliphatic rings. The van der Waals surface area contributed by atoms with Crippen molar-refractivity contribution in [2.24, 2.45) is 0 Å². The number of aromatic nitrogens is 2. The number of carboxylic acid groups (broad SMARTS) is 2. The summed E-state index contributed by atoms with van der Waals surface area (Å²) in [5.74, 6) is 1.05. The van der Waals surface area contributed by atoms with Gasteiger partial charge >= 0.3 is 11.9 Å². The maximum atomic E-state index is 9.55. The number of nitrogens with one attached hydrogen (secondary N) is 1. The number of hydrogen-bond acceptors (Lipinski definition) is 12. The largest absolute Gasteiger partial charge is 0.493 e. The smallest absolute Gasteiger partial charge is 0.328 e. The van der Waals surface area contributed by atoms with Gasteiger partial charge in [-0.15, -0.1) is 0 Å². The van der Waals surface area contributed by atoms with Gasteiger partial charge in [0, 0.05) is 54.8 Å². The fourth-order valence-corrected chi connectivity index (χ4v) is 5.89. The van der Waals surface area contributed by atoms with Gasteiger partial charge in [-0.1, -0.05) is 0 Å². The lowest BCUT2D eigenvalue weighted by Crippen LogP contribution is -2.41. The second-order valence-electron chi connectivity index (χ2n) is 11.9. The van der Waals surface area contributed by atoms with E-state index in [1.54, 1.807) is 42.7 Å². The Morgan fingerprint density at radius 1 is 0.679 bits per heavy atom. The molecule has 1 aliphatic heterocycles. The second-order valence-corrected chi connectivity index (χ2v) is 11.9. The number of carboxylic acids is 2. The molecule has 0 bridgehead atoms. The summed E-state index contributed by atoms with van der Waals surface area (Å²) in [6.07, 6.45) is 6.98. The van der Waals surface area contributed by atoms with Gasteiger partial charge in [-0.2, -0.15) is 0 Å². The van der Waals surface area contributed by atoms with Crippen LogP contribution in [0.3, 0.4) is 0 Å². The van der Waals surface area contributed by atoms with E-state index in [9.17, 15) is 9.59 Å². The monoisotopic (exact) mass is 730 g/mol. The molecule has 0 unspecified atom stereocenters. The highest BCUT2D eigenvalue weighted by Gasteiger charge is 2.20. The normalized spacial score (nSPS) is 13.1. The molecule has 53 heavy (non-hydrogen) atoms. The number of rotatable bonds is 15. The van der Waals surface area contributed by atoms with Gasteiger partial charge in [0.2, 0.25) is 11.5 Å². The van der Waals surface area contributed by atoms with E-state index in [-0.39, 0.29) is 0 Å². The number of methoxy groups -OCH3 is 6. The molecule has 0 amide bonds. The molecule has 1 saturated heterocycles. The molecule has 3 heterocycles. The minimum absolute atomic E-state index is 0.450. The third-order valence-electron chi connectivity index (χ3n) is 8.53. The van der Waals surface area contributed by atoms with Crippen molar-refractivity contribution < 1.29 is 48.2 Å². The van der Waals surface area contributed by atoms with Crippen molar-refractivity contribution in [2.45, 2.75) is 32.0 Å². The van der Waals surface area contributed by atoms with Gasteiger partial charge in [0.15, 0.2) is 23.0 Å². The van der Waals surface area contributed by atoms with Crippen LogP contribution in [0.5, 0.6) is 34.5 Å². The first-order chi connectivity index (χ1) is 25.6. The molecule has 0 aliphatic carbocycles. The van der Waals surface area contributed by atoms with E-state index in [0.29, 0.717) is 52.7 Å². The molecule has 1 fully saturated rings. The van der Waals surface area contributed by atoms with E-state index < -0.39 is 11.9 Å². The van der Waals surface area contributed by atoms with Crippen LogP contribution in [-0.4, -0.2) is 98.8 Å². The lowest BCUT2D eigenvalue weighted by atomic mass is 10.0. The molecule has 2 aromatic carbocycles. The van der Waals surface area contributed by atoms with Crippen LogP contribution >= 0.6 is 0 Å². The first kappa shape index (κ1) is 39.9. The van der Waals surface area contributed by atoms with Gasteiger partial charge < -0.3 is 44.0 Å². The molecule has 14 nitrogen and oxygen atoms in total. The molecule has 0 radical (unpaired) electrons. The van der Waals surface area contributed by atoms with Crippen LogP contribution in [0.1, 0.15) is 24.0 Å². The second kappa shape index (κ2) is 19.7. The Kier molecular flexibility index (Phi) is 14.8. The molecule has 0 atom stereocenters. The van der Waals surface area contributed by atoms with E-state index in [1.807, 2.05) is 36.7 Å². The lowest BCUT2D eigenvalue weighted by molar-refractivity contribution is -0.134. The van der Waals surface area contributed by atoms with Crippen molar-refractivity contribution in [1.29, 1.82) is 0 Å². The highest BCUT2D eigenvalue weighted by atomic mass is 16.5. The minimum atomic E-state index is -1.26. The molecule has 282 valence electrons. The number of ether oxygens (including phenoxy) is 6. The first-order valence-electron chi connectivity index (χ1n) is 16.7. The van der Waals surface area contributed by atoms with Crippen molar-refractivity contribution in [3.63, 3.8) is 0 Å². The van der Waals surface area contributed by atoms with Crippen molar-refractivity contribution >= 4 is 11.9 Å². The van der Waals surface area contributed by atoms with E-state index in [0.717, 1.165) is 61.5 Å². The highest BCUT2D eigenvalue weighted by molar-refractivity contribution is 5.89. The zero-order valence-electron chi connectivity index (χ0n) is 30.8. The summed E-state index contributed by atoms with van der Waals surface area (Å²) in [5, 5.41) is 19.4. The van der Waals surface area contributed by atoms with Gasteiger partial charge in [-0.05, 0) is 85.6 Å². The standard InChI is InChI=1S/C35H42N4O6.C4H4O4/c1-40-30-17-25(18-31(41-2)34(30)44-5)28-15-23(7-11-36-28)21-38-27-9-13-39(14-10-27)22-24-8-12-37-29(16-24)26-19-32(42-3)35(45-6)33(20-26)43-4;5-3(6)1-2-4(7)8/h7-8,11-12,15-20,27,38H,9-10,13-14,21-22H2,1-6H3;1-2H,(H,5,6)(H,7,8)/b;2-1+. The molecule has 0 saturated carbocycles. The quantitative estimate of drug-likeness (QED) is 0.134. The summed E-state index contributed by atoms with van der Waals surface area (Å²) < 4.78 is 33.1. The van der Waals surface area contributed by atoms with Gasteiger partial charge in [0.1, 0.15) is 0 Å². The Morgan fingerprint density at radius 2 is 1.09 bits per heavy atom. The van der Waals surface area contributed by atoms with Crippen LogP contribution in [0.2, 0.25) is 0 Å². The Labute approximate surface area is 308 Å². The Bertz CT molecular complexity index is 1810. The lowest BCUT2D eigenvalue weighted by Gasteiger charge is -2.32. The summed E-state index contributed by atoms with van der Waals surface area (Å²) in [6.45, 7) is 3.68. The number of hydrogen-bond donors (Lipinski definition) is 3. The van der Waals surface area contributed by atoms with Crippen molar-refractivity contribution in [1.82, 2.24) is 20.2 Å². The molecule has 5 rings (SSSR count). The summed E-state index contributed by atoms with van der Waals surface area (Å²) in [6, 6.07) is 16.5. The summed E-state index contributed by atoms with van der Waals surface area (Å²) in [5.41, 5.74) is 5.93. The van der Waals surface area contributed by atoms with Gasteiger partial charge in [0.25, 0.3) is 0 Å². The topological polar surface area (TPSA) is 171 Å². The average molecular weight is 731 g/mol. The SMILES string of the molecule is COc1cc(-c2cc(CNC3CCN(Cc4ccnc(-c5cc(OC)c(OC)c(OC)c5)c4)CC3)ccn2)cc(OC)c1OC.O=C(O)/C=C/C(=O)O. The molecular weight excluding hydrogens is 684 g/mol. The van der Waals surface area contributed by atoms with Crippen LogP contribution in [0.25, 0.3) is 22.5 Å². The summed E-state index contributed by atoms with van der Waals surface area (Å²) in [7, 11) is 9.68. The minimum Gasteiger partial charge on any atom is -0.493 e. The molecule has 3 N–H and O–H groups in total. The molecular formula is C39H46N4O10. The zero-order chi connectivity index (χ0) is 38.3. The van der Waals surface area contributed by atoms with E-state index in [4.69, 9.17) is 38.6 Å². The summed E-state index contributed by atoms with van der Waals surface area (Å²) >= 11 is 0. The number of nitrogens with zero attached hydrogens (tertiary/aromatic N) is 3. The van der Waals surface area contributed by atoms with Gasteiger partial charge in [-0.25, -0.2) is 9.59 Å². The average Bonchev–Trinajstić information content (AvgIpc) is 3.19. The van der Waals surface area contributed by atoms with Crippen molar-refractivity contribution in [2.75, 3.05) is 55.7 Å². The first-order valence-corrected chi connectivity index (χ1v) is 16.7. The van der Waals surface area contributed by atoms with Gasteiger partial charge in [-0.3, -0.25) is 14.9 Å². The molecule has 14 heteroatoms. The van der Waals surface area contributed by atoms with E-state index >= 15 is 0 Å². The number of benzene rings is 2. The maximum Gasteiger partial charge on any atom is 0.328 e. The third-order valence-corrected chi connectivity index (χ3v) is 8.53. The maximum absolute atomic E-state index is 9.55. The Balaban J connectivity index is 0.000000703. The summed E-state index contributed by atoms with van der Waals surface area (Å²) in [4.78, 5) is 30.8. The molecule has 0 spiro atoms. The Hall–Kier alpha value is -5.86. The van der Waals surface area contributed by atoms with E-state index in [1.165, 1.54) is 11.1 Å². The van der Waals surface area contributed by atoms with Crippen LogP contribution in [0.4, 0.5) is 0 Å². The van der Waals surface area contributed by atoms with Crippen molar-refractivity contribution in [3.8, 4) is 57.0 Å². The fraction of sp³-hybridized carbons (Fsp3) is 0.333. The van der Waals surface area contributed by atoms with E-state index in [2.05, 4.69) is 44.5 Å². The fourth-order valence-electron chi connectivity index (χ4n) is 5.89. The molecule has 4 aromatic rings. The predicted octanol–water partition coefficient (Wildman–Crippen LogP) is 5.33. The number of piperidine rings is 1. The zero-order valence-corrected chi connectivity index (χ0v) is 30.8. The number of carbonyl (C=O) groups is 2. The van der Waals surface area contributed by atoms with Crippen LogP contribution < -0.4 is 33.7 Å². The third kappa shape index (κ3) is 11.1. The number of aliphatic carboxylic acids is 2. The van der Waals surface area contributed by atoms with Crippen LogP contribution in [0, 0.1) is 0 Å². The van der Waals surface area contributed by atoms with Crippen LogP contribution in [-0.2, 0) is 22.7 Å². The number of likely N-dealkylation sites (tertiary alicyclic amines) is 1. The van der Waals surface area contributed by atoms with Crippen LogP contribution in [0.15, 0.2) is 73.1 Å². The predicted molar refractivity (Wildman–Crippen MR) is 198 cm³/mol. The highest BCUT2D eigenvalue weighted by Crippen LogP contribution is 2.42. The van der Waals surface area contributed by atoms with Crippen molar-refractivity contribution in [3.05, 3.63) is 84.2 Å². The molecule has 2 aromatic heterocycles. The number of pyridine rings is 2.